The number of carbonyl (C=O) groups is 2. The Morgan fingerprint density at radius 3 is 1.79 bits per heavy atom. The first kappa shape index (κ1) is 15.6. The van der Waals surface area contributed by atoms with Crippen LogP contribution in [0.4, 0.5) is 0 Å². The van der Waals surface area contributed by atoms with E-state index in [4.69, 9.17) is 0 Å². The van der Waals surface area contributed by atoms with E-state index in [9.17, 15) is 9.59 Å². The van der Waals surface area contributed by atoms with Crippen molar-refractivity contribution in [3.63, 3.8) is 0 Å². The first-order valence-electron chi connectivity index (χ1n) is 7.69. The van der Waals surface area contributed by atoms with Gasteiger partial charge in [0.1, 0.15) is 6.29 Å². The van der Waals surface area contributed by atoms with E-state index in [0.29, 0.717) is 0 Å². The normalized spacial score (nSPS) is 10.0. The zero-order valence-corrected chi connectivity index (χ0v) is 13.1. The molecular formula is C22H16O2. The fourth-order valence-electron chi connectivity index (χ4n) is 2.63. The molecule has 0 unspecified atom stereocenters. The summed E-state index contributed by atoms with van der Waals surface area (Å²) in [4.78, 5) is 21.0. The molecule has 4 aromatic carbocycles. The Kier molecular flexibility index (Phi) is 4.78. The summed E-state index contributed by atoms with van der Waals surface area (Å²) in [5.74, 6) is 0. The molecular weight excluding hydrogens is 296 g/mol. The van der Waals surface area contributed by atoms with Crippen LogP contribution in [0.5, 0.6) is 0 Å². The van der Waals surface area contributed by atoms with Crippen molar-refractivity contribution in [1.82, 2.24) is 0 Å². The highest BCUT2D eigenvalue weighted by Gasteiger charge is 2.01. The van der Waals surface area contributed by atoms with E-state index in [2.05, 4.69) is 24.3 Å². The predicted molar refractivity (Wildman–Crippen MR) is 98.7 cm³/mol. The average molecular weight is 312 g/mol. The predicted octanol–water partition coefficient (Wildman–Crippen LogP) is 5.30. The smallest absolute Gasteiger partial charge is 0.150 e. The number of fused-ring (bicyclic) bond motifs is 2. The summed E-state index contributed by atoms with van der Waals surface area (Å²) in [6.07, 6.45) is 1.75. The third kappa shape index (κ3) is 3.39. The number of benzene rings is 4. The fraction of sp³-hybridized carbons (Fsp3) is 0. The van der Waals surface area contributed by atoms with Gasteiger partial charge in [0.25, 0.3) is 0 Å². The molecule has 0 aliphatic heterocycles. The van der Waals surface area contributed by atoms with Crippen LogP contribution >= 0.6 is 0 Å². The van der Waals surface area contributed by atoms with Gasteiger partial charge < -0.3 is 0 Å². The molecule has 0 heterocycles. The van der Waals surface area contributed by atoms with Crippen LogP contribution in [-0.2, 0) is 0 Å². The third-order valence-electron chi connectivity index (χ3n) is 3.84. The van der Waals surface area contributed by atoms with Crippen LogP contribution in [0, 0.1) is 0 Å². The average Bonchev–Trinajstić information content (AvgIpc) is 2.67. The molecule has 116 valence electrons. The van der Waals surface area contributed by atoms with Crippen molar-refractivity contribution in [3.05, 3.63) is 96.1 Å². The number of carbonyl (C=O) groups excluding carboxylic acids is 2. The molecule has 0 atom stereocenters. The fourth-order valence-corrected chi connectivity index (χ4v) is 2.63. The topological polar surface area (TPSA) is 34.1 Å². The van der Waals surface area contributed by atoms with Gasteiger partial charge in [-0.25, -0.2) is 0 Å². The van der Waals surface area contributed by atoms with Gasteiger partial charge in [-0.1, -0.05) is 72.8 Å². The molecule has 0 aliphatic rings. The summed E-state index contributed by atoms with van der Waals surface area (Å²) in [7, 11) is 0. The molecule has 2 nitrogen and oxygen atoms in total. The molecule has 0 N–H and O–H groups in total. The van der Waals surface area contributed by atoms with Gasteiger partial charge in [0, 0.05) is 11.1 Å². The number of hydrogen-bond acceptors (Lipinski definition) is 2. The molecule has 0 bridgehead atoms. The molecule has 0 amide bonds. The Labute approximate surface area is 140 Å². The quantitative estimate of drug-likeness (QED) is 0.371. The highest BCUT2D eigenvalue weighted by molar-refractivity contribution is 6.05. The van der Waals surface area contributed by atoms with Crippen molar-refractivity contribution in [2.24, 2.45) is 0 Å². The van der Waals surface area contributed by atoms with Crippen LogP contribution in [0.1, 0.15) is 20.7 Å². The van der Waals surface area contributed by atoms with E-state index in [-0.39, 0.29) is 0 Å². The van der Waals surface area contributed by atoms with E-state index in [1.54, 1.807) is 12.1 Å². The standard InChI is InChI=1S/C15H10O.C7H6O/c16-10-14-7-3-6-13-8-11-4-1-2-5-12(11)9-15(13)14;8-6-7-4-2-1-3-5-7/h1-10H;1-6H. The second-order valence-electron chi connectivity index (χ2n) is 5.41. The van der Waals surface area contributed by atoms with E-state index in [0.717, 1.165) is 34.5 Å². The van der Waals surface area contributed by atoms with Crippen molar-refractivity contribution in [2.75, 3.05) is 0 Å². The lowest BCUT2D eigenvalue weighted by Gasteiger charge is -2.03. The van der Waals surface area contributed by atoms with Crippen LogP contribution in [0.3, 0.4) is 0 Å². The lowest BCUT2D eigenvalue weighted by molar-refractivity contribution is 0.111. The molecule has 0 fully saturated rings. The van der Waals surface area contributed by atoms with Gasteiger partial charge >= 0.3 is 0 Å². The monoisotopic (exact) mass is 312 g/mol. The van der Waals surface area contributed by atoms with E-state index >= 15 is 0 Å². The lowest BCUT2D eigenvalue weighted by atomic mass is 10.0. The maximum Gasteiger partial charge on any atom is 0.150 e. The van der Waals surface area contributed by atoms with E-state index in [1.165, 1.54) is 10.8 Å². The largest absolute Gasteiger partial charge is 0.298 e. The van der Waals surface area contributed by atoms with Crippen molar-refractivity contribution in [1.29, 1.82) is 0 Å². The SMILES string of the molecule is O=Cc1cccc2cc3ccccc3cc12.O=Cc1ccccc1. The van der Waals surface area contributed by atoms with Gasteiger partial charge in [-0.05, 0) is 33.7 Å². The van der Waals surface area contributed by atoms with Crippen LogP contribution in [0.15, 0.2) is 84.9 Å². The van der Waals surface area contributed by atoms with Gasteiger partial charge in [-0.3, -0.25) is 9.59 Å². The van der Waals surface area contributed by atoms with Crippen LogP contribution in [0.25, 0.3) is 21.5 Å². The van der Waals surface area contributed by atoms with Crippen molar-refractivity contribution in [2.45, 2.75) is 0 Å². The molecule has 0 spiro atoms. The maximum absolute atomic E-state index is 11.0. The molecule has 0 aliphatic carbocycles. The van der Waals surface area contributed by atoms with Gasteiger partial charge in [0.2, 0.25) is 0 Å². The maximum atomic E-state index is 11.0. The Bertz CT molecular complexity index is 988. The molecule has 4 aromatic rings. The Morgan fingerprint density at radius 2 is 1.17 bits per heavy atom. The second kappa shape index (κ2) is 7.34. The summed E-state index contributed by atoms with van der Waals surface area (Å²) >= 11 is 0. The van der Waals surface area contributed by atoms with Crippen LogP contribution < -0.4 is 0 Å². The molecule has 0 radical (unpaired) electrons. The Hall–Kier alpha value is -3.26. The molecule has 0 saturated carbocycles. The van der Waals surface area contributed by atoms with Gasteiger partial charge in [0.15, 0.2) is 6.29 Å². The van der Waals surface area contributed by atoms with Gasteiger partial charge in [-0.15, -0.1) is 0 Å². The lowest BCUT2D eigenvalue weighted by Crippen LogP contribution is -1.83. The summed E-state index contributed by atoms with van der Waals surface area (Å²) in [5, 5.41) is 4.52. The zero-order valence-electron chi connectivity index (χ0n) is 13.1. The second-order valence-corrected chi connectivity index (χ2v) is 5.41. The molecule has 0 saturated heterocycles. The number of aldehydes is 2. The first-order valence-corrected chi connectivity index (χ1v) is 7.69. The minimum absolute atomic E-state index is 0.729. The van der Waals surface area contributed by atoms with E-state index in [1.807, 2.05) is 48.5 Å². The molecule has 0 aromatic heterocycles. The minimum atomic E-state index is 0.729. The number of rotatable bonds is 2. The van der Waals surface area contributed by atoms with Gasteiger partial charge in [-0.2, -0.15) is 0 Å². The third-order valence-corrected chi connectivity index (χ3v) is 3.84. The minimum Gasteiger partial charge on any atom is -0.298 e. The Balaban J connectivity index is 0.000000179. The summed E-state index contributed by atoms with van der Waals surface area (Å²) in [6, 6.07) is 27.3. The van der Waals surface area contributed by atoms with E-state index < -0.39 is 0 Å². The summed E-state index contributed by atoms with van der Waals surface area (Å²) < 4.78 is 0. The highest BCUT2D eigenvalue weighted by atomic mass is 16.1. The van der Waals surface area contributed by atoms with Crippen LogP contribution in [-0.4, -0.2) is 12.6 Å². The molecule has 4 rings (SSSR count). The first-order chi connectivity index (χ1) is 11.8. The Morgan fingerprint density at radius 1 is 0.542 bits per heavy atom. The summed E-state index contributed by atoms with van der Waals surface area (Å²) in [6.45, 7) is 0. The van der Waals surface area contributed by atoms with Gasteiger partial charge in [0.05, 0.1) is 0 Å². The number of hydrogen-bond donors (Lipinski definition) is 0. The molecule has 2 heteroatoms. The highest BCUT2D eigenvalue weighted by Crippen LogP contribution is 2.24. The molecule has 24 heavy (non-hydrogen) atoms. The van der Waals surface area contributed by atoms with Crippen molar-refractivity contribution >= 4 is 34.1 Å². The van der Waals surface area contributed by atoms with Crippen molar-refractivity contribution < 1.29 is 9.59 Å². The van der Waals surface area contributed by atoms with Crippen molar-refractivity contribution in [3.8, 4) is 0 Å². The zero-order chi connectivity index (χ0) is 16.8. The van der Waals surface area contributed by atoms with Crippen LogP contribution in [0.2, 0.25) is 0 Å². The summed E-state index contributed by atoms with van der Waals surface area (Å²) in [5.41, 5.74) is 1.48.